The van der Waals surface area contributed by atoms with E-state index in [1.165, 1.54) is 0 Å². The third-order valence-corrected chi connectivity index (χ3v) is 3.08. The summed E-state index contributed by atoms with van der Waals surface area (Å²) in [6.45, 7) is 0. The van der Waals surface area contributed by atoms with E-state index in [0.29, 0.717) is 6.42 Å². The van der Waals surface area contributed by atoms with Crippen molar-refractivity contribution in [3.8, 4) is 0 Å². The van der Waals surface area contributed by atoms with Crippen molar-refractivity contribution in [2.24, 2.45) is 0 Å². The Bertz CT molecular complexity index is 448. The monoisotopic (exact) mass is 274 g/mol. The Balaban J connectivity index is 2.99. The molecule has 0 atom stereocenters. The summed E-state index contributed by atoms with van der Waals surface area (Å²) in [6.07, 6.45) is 0.433. The van der Waals surface area contributed by atoms with Crippen molar-refractivity contribution in [3.05, 3.63) is 11.3 Å². The first-order valence-electron chi connectivity index (χ1n) is 4.50. The molecule has 0 fully saturated rings. The zero-order valence-electron chi connectivity index (χ0n) is 8.70. The van der Waals surface area contributed by atoms with Gasteiger partial charge in [0.05, 0.1) is 12.7 Å². The second-order valence-corrected chi connectivity index (χ2v) is 4.77. The first kappa shape index (κ1) is 13.8. The molecule has 0 saturated heterocycles. The minimum atomic E-state index is -5.72. The molecule has 98 valence electrons. The number of allylic oxidation sites excluding steroid dienone is 1. The molecule has 0 aromatic heterocycles. The van der Waals surface area contributed by atoms with E-state index in [0.717, 1.165) is 7.11 Å². The van der Waals surface area contributed by atoms with Gasteiger partial charge >= 0.3 is 21.6 Å². The fourth-order valence-corrected chi connectivity index (χ4v) is 1.87. The number of hydrogen-bond donors (Lipinski definition) is 0. The lowest BCUT2D eigenvalue weighted by atomic mass is 10.2. The highest BCUT2D eigenvalue weighted by Crippen LogP contribution is 2.33. The minimum absolute atomic E-state index is 0.0419. The van der Waals surface area contributed by atoms with Gasteiger partial charge in [0.1, 0.15) is 5.76 Å². The molecule has 1 rings (SSSR count). The van der Waals surface area contributed by atoms with E-state index in [2.05, 4.69) is 8.92 Å². The molecule has 1 aliphatic rings. The normalized spacial score (nSPS) is 17.2. The molecule has 0 N–H and O–H groups in total. The third kappa shape index (κ3) is 2.90. The molecule has 0 bridgehead atoms. The lowest BCUT2D eigenvalue weighted by Gasteiger charge is -2.11. The van der Waals surface area contributed by atoms with Gasteiger partial charge in [0.15, 0.2) is 0 Å². The molecule has 0 unspecified atom stereocenters. The van der Waals surface area contributed by atoms with Crippen LogP contribution in [0.25, 0.3) is 0 Å². The van der Waals surface area contributed by atoms with Gasteiger partial charge in [-0.15, -0.1) is 0 Å². The topological polar surface area (TPSA) is 69.7 Å². The van der Waals surface area contributed by atoms with E-state index in [9.17, 15) is 26.4 Å². The lowest BCUT2D eigenvalue weighted by molar-refractivity contribution is -0.136. The van der Waals surface area contributed by atoms with Gasteiger partial charge in [-0.3, -0.25) is 0 Å². The summed E-state index contributed by atoms with van der Waals surface area (Å²) >= 11 is 0. The van der Waals surface area contributed by atoms with Crippen LogP contribution >= 0.6 is 0 Å². The highest BCUT2D eigenvalue weighted by Gasteiger charge is 2.49. The molecule has 0 radical (unpaired) electrons. The Morgan fingerprint density at radius 1 is 1.29 bits per heavy atom. The highest BCUT2D eigenvalue weighted by molar-refractivity contribution is 7.87. The SMILES string of the molecule is COC(=O)C1=C(OS(=O)(=O)C(F)(F)F)CCC1. The molecule has 0 spiro atoms. The van der Waals surface area contributed by atoms with Gasteiger partial charge in [0.2, 0.25) is 0 Å². The van der Waals surface area contributed by atoms with Crippen molar-refractivity contribution < 1.29 is 35.3 Å². The number of carbonyl (C=O) groups is 1. The van der Waals surface area contributed by atoms with Crippen molar-refractivity contribution >= 4 is 16.1 Å². The van der Waals surface area contributed by atoms with Crippen LogP contribution in [0.5, 0.6) is 0 Å². The molecule has 0 aliphatic heterocycles. The number of esters is 1. The van der Waals surface area contributed by atoms with Crippen LogP contribution in [0.1, 0.15) is 19.3 Å². The van der Waals surface area contributed by atoms with Gasteiger partial charge < -0.3 is 8.92 Å². The summed E-state index contributed by atoms with van der Waals surface area (Å²) in [6, 6.07) is 0. The maximum absolute atomic E-state index is 12.0. The van der Waals surface area contributed by atoms with Crippen LogP contribution in [-0.4, -0.2) is 27.0 Å². The molecule has 0 amide bonds. The lowest BCUT2D eigenvalue weighted by Crippen LogP contribution is -2.25. The van der Waals surface area contributed by atoms with Gasteiger partial charge in [-0.05, 0) is 12.8 Å². The molecular weight excluding hydrogens is 265 g/mol. The van der Waals surface area contributed by atoms with E-state index >= 15 is 0 Å². The van der Waals surface area contributed by atoms with Crippen LogP contribution in [0, 0.1) is 0 Å². The number of halogens is 3. The fraction of sp³-hybridized carbons (Fsp3) is 0.625. The first-order valence-corrected chi connectivity index (χ1v) is 5.91. The van der Waals surface area contributed by atoms with Crippen LogP contribution < -0.4 is 0 Å². The zero-order chi connectivity index (χ0) is 13.3. The number of carbonyl (C=O) groups excluding carboxylic acids is 1. The van der Waals surface area contributed by atoms with Crippen molar-refractivity contribution in [1.82, 2.24) is 0 Å². The molecule has 1 aliphatic carbocycles. The Labute approximate surface area is 95.3 Å². The average Bonchev–Trinajstić information content (AvgIpc) is 2.62. The second-order valence-electron chi connectivity index (χ2n) is 3.23. The summed E-state index contributed by atoms with van der Waals surface area (Å²) in [5.74, 6) is -1.37. The quantitative estimate of drug-likeness (QED) is 0.443. The van der Waals surface area contributed by atoms with E-state index < -0.39 is 27.4 Å². The number of alkyl halides is 3. The second kappa shape index (κ2) is 4.55. The van der Waals surface area contributed by atoms with Gasteiger partial charge in [-0.2, -0.15) is 21.6 Å². The van der Waals surface area contributed by atoms with Crippen LogP contribution in [0.4, 0.5) is 13.2 Å². The number of methoxy groups -OCH3 is 1. The third-order valence-electron chi connectivity index (χ3n) is 2.09. The first-order chi connectivity index (χ1) is 7.69. The summed E-state index contributed by atoms with van der Waals surface area (Å²) in [5, 5.41) is 0. The van der Waals surface area contributed by atoms with Crippen LogP contribution in [-0.2, 0) is 23.8 Å². The molecule has 17 heavy (non-hydrogen) atoms. The van der Waals surface area contributed by atoms with Crippen molar-refractivity contribution in [1.29, 1.82) is 0 Å². The van der Waals surface area contributed by atoms with Gasteiger partial charge in [-0.1, -0.05) is 0 Å². The van der Waals surface area contributed by atoms with Gasteiger partial charge in [0, 0.05) is 6.42 Å². The fourth-order valence-electron chi connectivity index (χ4n) is 1.33. The van der Waals surface area contributed by atoms with E-state index in [4.69, 9.17) is 0 Å². The molecule has 0 aromatic rings. The Kier molecular flexibility index (Phi) is 3.70. The molecule has 5 nitrogen and oxygen atoms in total. The number of rotatable bonds is 3. The molecule has 0 heterocycles. The predicted molar refractivity (Wildman–Crippen MR) is 49.0 cm³/mol. The van der Waals surface area contributed by atoms with Gasteiger partial charge in [0.25, 0.3) is 0 Å². The van der Waals surface area contributed by atoms with Crippen LogP contribution in [0.2, 0.25) is 0 Å². The van der Waals surface area contributed by atoms with Crippen molar-refractivity contribution in [3.63, 3.8) is 0 Å². The molecule has 0 aromatic carbocycles. The standard InChI is InChI=1S/C8H9F3O5S/c1-15-7(12)5-3-2-4-6(5)16-17(13,14)8(9,10)11/h2-4H2,1H3. The minimum Gasteiger partial charge on any atom is -0.466 e. The predicted octanol–water partition coefficient (Wildman–Crippen LogP) is 1.46. The van der Waals surface area contributed by atoms with Crippen molar-refractivity contribution in [2.45, 2.75) is 24.8 Å². The average molecular weight is 274 g/mol. The largest absolute Gasteiger partial charge is 0.534 e. The maximum Gasteiger partial charge on any atom is 0.534 e. The smallest absolute Gasteiger partial charge is 0.466 e. The van der Waals surface area contributed by atoms with Crippen LogP contribution in [0.3, 0.4) is 0 Å². The van der Waals surface area contributed by atoms with E-state index in [-0.39, 0.29) is 18.4 Å². The highest BCUT2D eigenvalue weighted by atomic mass is 32.2. The van der Waals surface area contributed by atoms with Gasteiger partial charge in [-0.25, -0.2) is 4.79 Å². The number of ether oxygens (including phenoxy) is 1. The van der Waals surface area contributed by atoms with E-state index in [1.54, 1.807) is 0 Å². The maximum atomic E-state index is 12.0. The Morgan fingerprint density at radius 2 is 1.88 bits per heavy atom. The summed E-state index contributed by atoms with van der Waals surface area (Å²) in [4.78, 5) is 11.1. The molecular formula is C8H9F3O5S. The Hall–Kier alpha value is -1.25. The van der Waals surface area contributed by atoms with Crippen LogP contribution in [0.15, 0.2) is 11.3 Å². The zero-order valence-corrected chi connectivity index (χ0v) is 9.52. The summed E-state index contributed by atoms with van der Waals surface area (Å²) in [5.41, 5.74) is -5.68. The van der Waals surface area contributed by atoms with Crippen molar-refractivity contribution in [2.75, 3.05) is 7.11 Å². The Morgan fingerprint density at radius 3 is 2.35 bits per heavy atom. The summed E-state index contributed by atoms with van der Waals surface area (Å²) < 4.78 is 65.8. The molecule has 9 heteroatoms. The van der Waals surface area contributed by atoms with E-state index in [1.807, 2.05) is 0 Å². The number of hydrogen-bond acceptors (Lipinski definition) is 5. The molecule has 0 saturated carbocycles. The summed E-state index contributed by atoms with van der Waals surface area (Å²) in [7, 11) is -4.68.